The van der Waals surface area contributed by atoms with E-state index in [0.717, 1.165) is 22.5 Å². The first-order chi connectivity index (χ1) is 11.6. The van der Waals surface area contributed by atoms with Crippen LogP contribution in [0.4, 0.5) is 11.4 Å². The fraction of sp³-hybridized carbons (Fsp3) is 0.381. The van der Waals surface area contributed by atoms with Crippen LogP contribution in [0.25, 0.3) is 0 Å². The molecule has 1 aliphatic rings. The fourth-order valence-corrected chi connectivity index (χ4v) is 3.48. The van der Waals surface area contributed by atoms with Crippen LogP contribution in [0, 0.1) is 11.3 Å². The Hall–Kier alpha value is -2.27. The van der Waals surface area contributed by atoms with Gasteiger partial charge in [0, 0.05) is 28.7 Å². The van der Waals surface area contributed by atoms with Gasteiger partial charge in [0.15, 0.2) is 0 Å². The summed E-state index contributed by atoms with van der Waals surface area (Å²) in [5.74, 6) is 0. The number of fused-ring (bicyclic) bond motifs is 2. The van der Waals surface area contributed by atoms with Gasteiger partial charge in [-0.1, -0.05) is 64.1 Å². The number of benzene rings is 2. The summed E-state index contributed by atoms with van der Waals surface area (Å²) in [7, 11) is 0. The van der Waals surface area contributed by atoms with Gasteiger partial charge in [0.25, 0.3) is 0 Å². The van der Waals surface area contributed by atoms with Gasteiger partial charge in [0.2, 0.25) is 0 Å². The van der Waals surface area contributed by atoms with Crippen LogP contribution < -0.4 is 4.90 Å². The van der Waals surface area contributed by atoms with Crippen LogP contribution >= 0.6 is 0 Å². The van der Waals surface area contributed by atoms with Crippen LogP contribution in [0.15, 0.2) is 48.5 Å². The second kappa shape index (κ2) is 5.42. The Morgan fingerprint density at radius 3 is 1.78 bits per heavy atom. The third-order valence-corrected chi connectivity index (χ3v) is 5.52. The lowest BCUT2D eigenvalue weighted by Gasteiger charge is -2.42. The van der Waals surface area contributed by atoms with Crippen molar-refractivity contribution in [3.05, 3.63) is 59.7 Å². The van der Waals surface area contributed by atoms with Gasteiger partial charge >= 0.3 is 0 Å². The highest BCUT2D eigenvalue weighted by molar-refractivity contribution is 5.75. The van der Waals surface area contributed by atoms with Gasteiger partial charge in [0.1, 0.15) is 0 Å². The molecule has 0 atom stereocenters. The number of rotatable bonds is 2. The van der Waals surface area contributed by atoms with Crippen molar-refractivity contribution in [3.63, 3.8) is 0 Å². The van der Waals surface area contributed by atoms with Crippen molar-refractivity contribution in [2.45, 2.75) is 44.9 Å². The first-order valence-electron chi connectivity index (χ1n) is 9.01. The molecule has 0 unspecified atom stereocenters. The molecule has 0 saturated heterocycles. The minimum atomic E-state index is -1.79. The Morgan fingerprint density at radius 1 is 0.913 bits per heavy atom. The molecule has 23 heavy (non-hydrogen) atoms. The molecule has 0 spiro atoms. The van der Waals surface area contributed by atoms with E-state index in [2.05, 4.69) is 39.8 Å². The molecule has 0 bridgehead atoms. The maximum Gasteiger partial charge on any atom is 0.0640 e. The van der Waals surface area contributed by atoms with E-state index in [1.807, 2.05) is 42.5 Å². The predicted octanol–water partition coefficient (Wildman–Crippen LogP) is 5.31. The summed E-state index contributed by atoms with van der Waals surface area (Å²) in [6.07, 6.45) is -0.198. The number of nitrogens with zero attached hydrogens (tertiary/aromatic N) is 2. The third kappa shape index (κ3) is 2.23. The van der Waals surface area contributed by atoms with E-state index >= 15 is 0 Å². The topological polar surface area (TPSA) is 27.0 Å². The van der Waals surface area contributed by atoms with Gasteiger partial charge < -0.3 is 4.90 Å². The molecule has 1 heterocycles. The van der Waals surface area contributed by atoms with Gasteiger partial charge in [0.05, 0.1) is 15.2 Å². The van der Waals surface area contributed by atoms with Gasteiger partial charge in [-0.3, -0.25) is 0 Å². The van der Waals surface area contributed by atoms with Crippen LogP contribution in [0.2, 0.25) is 0 Å². The van der Waals surface area contributed by atoms with E-state index in [1.54, 1.807) is 4.90 Å². The maximum atomic E-state index is 9.19. The highest BCUT2D eigenvalue weighted by Crippen LogP contribution is 2.53. The molecule has 0 saturated carbocycles. The number of anilines is 2. The molecule has 118 valence electrons. The Balaban J connectivity index is 2.44. The standard InChI is InChI=1S/C21H24N2/c1-20(2)16-10-5-7-12-18(16)23(15-9-14-22)19-13-8-6-11-17(19)21(20,3)4/h5-8,10-13H,9,15H2,1-4H3/i15D2. The molecule has 0 fully saturated rings. The van der Waals surface area contributed by atoms with Crippen LogP contribution in [0.5, 0.6) is 0 Å². The molecule has 0 radical (unpaired) electrons. The summed E-state index contributed by atoms with van der Waals surface area (Å²) in [5.41, 5.74) is 3.45. The predicted molar refractivity (Wildman–Crippen MR) is 96.2 cm³/mol. The van der Waals surface area contributed by atoms with Crippen LogP contribution in [-0.2, 0) is 10.8 Å². The maximum absolute atomic E-state index is 9.19. The summed E-state index contributed by atoms with van der Waals surface area (Å²) in [6, 6.07) is 18.0. The van der Waals surface area contributed by atoms with E-state index < -0.39 is 6.50 Å². The largest absolute Gasteiger partial charge is 0.340 e. The first kappa shape index (κ1) is 13.2. The van der Waals surface area contributed by atoms with Crippen molar-refractivity contribution >= 4 is 11.4 Å². The molecule has 3 rings (SSSR count). The van der Waals surface area contributed by atoms with E-state index in [9.17, 15) is 5.26 Å². The fourth-order valence-electron chi connectivity index (χ4n) is 3.48. The Morgan fingerprint density at radius 2 is 1.35 bits per heavy atom. The molecular formula is C21H24N2. The molecule has 0 aromatic heterocycles. The van der Waals surface area contributed by atoms with Crippen LogP contribution in [-0.4, -0.2) is 6.50 Å². The Labute approximate surface area is 142 Å². The Bertz CT molecular complexity index is 789. The zero-order chi connectivity index (χ0) is 18.5. The summed E-state index contributed by atoms with van der Waals surface area (Å²) in [4.78, 5) is 1.72. The average molecular weight is 306 g/mol. The molecule has 0 aliphatic carbocycles. The van der Waals surface area contributed by atoms with Crippen LogP contribution in [0.1, 0.15) is 48.0 Å². The summed E-state index contributed by atoms with van der Waals surface area (Å²) in [5, 5.41) is 9.19. The summed E-state index contributed by atoms with van der Waals surface area (Å²) < 4.78 is 17.2. The quantitative estimate of drug-likeness (QED) is 0.752. The van der Waals surface area contributed by atoms with Crippen molar-refractivity contribution < 1.29 is 2.74 Å². The summed E-state index contributed by atoms with van der Waals surface area (Å²) >= 11 is 0. The SMILES string of the molecule is [2H]C([2H])(CC#N)N1c2ccccc2C(C)(C)C(C)(C)c2ccccc21. The number of para-hydroxylation sites is 2. The third-order valence-electron chi connectivity index (χ3n) is 5.52. The summed E-state index contributed by atoms with van der Waals surface area (Å²) in [6.45, 7) is 7.06. The zero-order valence-corrected chi connectivity index (χ0v) is 14.2. The molecule has 0 N–H and O–H groups in total. The number of hydrogen-bond acceptors (Lipinski definition) is 2. The molecule has 2 aromatic rings. The normalized spacial score (nSPS) is 19.5. The van der Waals surface area contributed by atoms with Gasteiger partial charge in [-0.25, -0.2) is 0 Å². The zero-order valence-electron chi connectivity index (χ0n) is 16.2. The lowest BCUT2D eigenvalue weighted by atomic mass is 9.61. The van der Waals surface area contributed by atoms with E-state index in [-0.39, 0.29) is 17.3 Å². The van der Waals surface area contributed by atoms with E-state index in [1.165, 1.54) is 0 Å². The minimum absolute atomic E-state index is 0.198. The monoisotopic (exact) mass is 306 g/mol. The molecule has 0 amide bonds. The highest BCUT2D eigenvalue weighted by atomic mass is 15.1. The number of nitriles is 1. The van der Waals surface area contributed by atoms with E-state index in [4.69, 9.17) is 2.74 Å². The second-order valence-corrected chi connectivity index (χ2v) is 7.11. The lowest BCUT2D eigenvalue weighted by molar-refractivity contribution is 0.307. The van der Waals surface area contributed by atoms with E-state index in [0.29, 0.717) is 0 Å². The Kier molecular flexibility index (Phi) is 3.11. The molecule has 2 heteroatoms. The van der Waals surface area contributed by atoms with Crippen molar-refractivity contribution in [3.8, 4) is 6.07 Å². The van der Waals surface area contributed by atoms with Crippen LogP contribution in [0.3, 0.4) is 0 Å². The molecule has 1 aliphatic heterocycles. The van der Waals surface area contributed by atoms with Crippen molar-refractivity contribution in [1.82, 2.24) is 0 Å². The first-order valence-corrected chi connectivity index (χ1v) is 8.01. The second-order valence-electron chi connectivity index (χ2n) is 7.11. The molecular weight excluding hydrogens is 280 g/mol. The van der Waals surface area contributed by atoms with Crippen molar-refractivity contribution in [2.75, 3.05) is 11.4 Å². The van der Waals surface area contributed by atoms with Gasteiger partial charge in [-0.15, -0.1) is 0 Å². The molecule has 2 nitrogen and oxygen atoms in total. The average Bonchev–Trinajstić information content (AvgIpc) is 2.60. The van der Waals surface area contributed by atoms with Crippen molar-refractivity contribution in [1.29, 1.82) is 5.26 Å². The van der Waals surface area contributed by atoms with Crippen molar-refractivity contribution in [2.24, 2.45) is 0 Å². The van der Waals surface area contributed by atoms with Gasteiger partial charge in [-0.05, 0) is 23.3 Å². The minimum Gasteiger partial charge on any atom is -0.340 e. The lowest BCUT2D eigenvalue weighted by Crippen LogP contribution is -2.39. The smallest absolute Gasteiger partial charge is 0.0640 e. The number of hydrogen-bond donors (Lipinski definition) is 0. The molecule has 2 aromatic carbocycles. The van der Waals surface area contributed by atoms with Gasteiger partial charge in [-0.2, -0.15) is 5.26 Å². The highest BCUT2D eigenvalue weighted by Gasteiger charge is 2.45.